The first-order valence-electron chi connectivity index (χ1n) is 10.0. The largest absolute Gasteiger partial charge is 0.507 e. The van der Waals surface area contributed by atoms with E-state index in [1.807, 2.05) is 6.07 Å². The van der Waals surface area contributed by atoms with E-state index < -0.39 is 0 Å². The molecule has 8 nitrogen and oxygen atoms in total. The van der Waals surface area contributed by atoms with Gasteiger partial charge in [0.1, 0.15) is 5.75 Å². The molecule has 2 fully saturated rings. The van der Waals surface area contributed by atoms with Gasteiger partial charge in [0.25, 0.3) is 5.91 Å². The molecule has 2 saturated carbocycles. The molecule has 2 aromatic heterocycles. The Morgan fingerprint density at radius 2 is 1.80 bits per heavy atom. The highest BCUT2D eigenvalue weighted by molar-refractivity contribution is 6.04. The Hall–Kier alpha value is -3.68. The molecule has 2 heterocycles. The fourth-order valence-electron chi connectivity index (χ4n) is 3.36. The van der Waals surface area contributed by atoms with E-state index in [0.717, 1.165) is 31.4 Å². The van der Waals surface area contributed by atoms with Gasteiger partial charge in [-0.15, -0.1) is 0 Å². The highest BCUT2D eigenvalue weighted by Gasteiger charge is 2.32. The molecular weight excluding hydrogens is 382 g/mol. The van der Waals surface area contributed by atoms with Crippen molar-refractivity contribution in [2.75, 3.05) is 5.32 Å². The molecule has 3 aromatic rings. The second-order valence-corrected chi connectivity index (χ2v) is 7.79. The monoisotopic (exact) mass is 403 g/mol. The van der Waals surface area contributed by atoms with Gasteiger partial charge in [-0.1, -0.05) is 0 Å². The van der Waals surface area contributed by atoms with Gasteiger partial charge in [-0.3, -0.25) is 9.78 Å². The highest BCUT2D eigenvalue weighted by atomic mass is 16.3. The fraction of sp³-hybridized carbons (Fsp3) is 0.273. The third-order valence-electron chi connectivity index (χ3n) is 5.30. The molecule has 0 radical (unpaired) electrons. The third kappa shape index (κ3) is 3.76. The molecule has 5 rings (SSSR count). The molecule has 2 amide bonds. The van der Waals surface area contributed by atoms with E-state index in [0.29, 0.717) is 28.4 Å². The Bertz CT molecular complexity index is 1120. The van der Waals surface area contributed by atoms with Crippen molar-refractivity contribution in [1.82, 2.24) is 20.1 Å². The lowest BCUT2D eigenvalue weighted by Gasteiger charge is -2.08. The zero-order chi connectivity index (χ0) is 20.7. The minimum atomic E-state index is -0.290. The van der Waals surface area contributed by atoms with Gasteiger partial charge >= 0.3 is 6.03 Å². The van der Waals surface area contributed by atoms with Crippen LogP contribution in [-0.2, 0) is 0 Å². The van der Waals surface area contributed by atoms with Gasteiger partial charge < -0.3 is 15.7 Å². The van der Waals surface area contributed by atoms with Crippen molar-refractivity contribution in [1.29, 1.82) is 0 Å². The van der Waals surface area contributed by atoms with Gasteiger partial charge in [0.2, 0.25) is 0 Å². The van der Waals surface area contributed by atoms with Crippen molar-refractivity contribution in [3.05, 3.63) is 60.0 Å². The minimum absolute atomic E-state index is 0.0165. The number of anilines is 1. The third-order valence-corrected chi connectivity index (χ3v) is 5.30. The molecule has 0 unspecified atom stereocenters. The van der Waals surface area contributed by atoms with Gasteiger partial charge in [-0.05, 0) is 56.0 Å². The van der Waals surface area contributed by atoms with E-state index in [9.17, 15) is 14.7 Å². The Morgan fingerprint density at radius 1 is 1.03 bits per heavy atom. The zero-order valence-electron chi connectivity index (χ0n) is 16.2. The number of benzene rings is 1. The average Bonchev–Trinajstić information content (AvgIpc) is 3.68. The summed E-state index contributed by atoms with van der Waals surface area (Å²) in [5, 5.41) is 20.8. The first-order valence-corrected chi connectivity index (χ1v) is 10.0. The summed E-state index contributed by atoms with van der Waals surface area (Å²) in [7, 11) is 0. The first-order chi connectivity index (χ1) is 14.6. The summed E-state index contributed by atoms with van der Waals surface area (Å²) in [5.74, 6) is 0.0241. The number of nitrogens with one attached hydrogen (secondary N) is 2. The number of nitrogens with zero attached hydrogens (tertiary/aromatic N) is 3. The Kier molecular flexibility index (Phi) is 4.46. The molecule has 0 saturated heterocycles. The van der Waals surface area contributed by atoms with E-state index in [1.54, 1.807) is 36.7 Å². The Labute approximate surface area is 172 Å². The van der Waals surface area contributed by atoms with E-state index in [-0.39, 0.29) is 23.7 Å². The topological polar surface area (TPSA) is 109 Å². The molecule has 0 spiro atoms. The van der Waals surface area contributed by atoms with Crippen molar-refractivity contribution in [2.45, 2.75) is 37.6 Å². The highest BCUT2D eigenvalue weighted by Crippen LogP contribution is 2.42. The maximum Gasteiger partial charge on any atom is 0.342 e. The summed E-state index contributed by atoms with van der Waals surface area (Å²) in [5.41, 5.74) is 2.86. The van der Waals surface area contributed by atoms with Crippen molar-refractivity contribution in [3.63, 3.8) is 0 Å². The maximum atomic E-state index is 12.6. The number of phenols is 1. The van der Waals surface area contributed by atoms with Crippen LogP contribution >= 0.6 is 0 Å². The number of carbonyl (C=O) groups is 2. The number of carbonyl (C=O) groups excluding carboxylic acids is 2. The maximum absolute atomic E-state index is 12.6. The van der Waals surface area contributed by atoms with Crippen LogP contribution in [0.3, 0.4) is 0 Å². The molecular formula is C22H21N5O3. The quantitative estimate of drug-likeness (QED) is 0.604. The number of hydrogen-bond donors (Lipinski definition) is 3. The summed E-state index contributed by atoms with van der Waals surface area (Å²) in [6.45, 7) is 0. The molecule has 8 heteroatoms. The van der Waals surface area contributed by atoms with Crippen LogP contribution in [0.5, 0.6) is 5.75 Å². The van der Waals surface area contributed by atoms with Gasteiger partial charge in [0.05, 0.1) is 11.4 Å². The van der Waals surface area contributed by atoms with Crippen LogP contribution in [-0.4, -0.2) is 37.9 Å². The smallest absolute Gasteiger partial charge is 0.342 e. The first kappa shape index (κ1) is 18.4. The Balaban J connectivity index is 1.39. The summed E-state index contributed by atoms with van der Waals surface area (Å²) >= 11 is 0. The number of phenolic OH excluding ortho intramolecular Hbond substituents is 1. The molecule has 3 N–H and O–H groups in total. The van der Waals surface area contributed by atoms with Crippen molar-refractivity contribution >= 4 is 17.6 Å². The van der Waals surface area contributed by atoms with E-state index in [2.05, 4.69) is 20.7 Å². The molecule has 30 heavy (non-hydrogen) atoms. The van der Waals surface area contributed by atoms with Gasteiger partial charge in [0.15, 0.2) is 0 Å². The average molecular weight is 403 g/mol. The van der Waals surface area contributed by atoms with Gasteiger partial charge in [-0.25, -0.2) is 4.79 Å². The van der Waals surface area contributed by atoms with Crippen molar-refractivity contribution in [3.8, 4) is 17.0 Å². The number of hydrogen-bond acceptors (Lipinski definition) is 5. The van der Waals surface area contributed by atoms with Crippen LogP contribution in [0.1, 0.15) is 47.7 Å². The fourth-order valence-corrected chi connectivity index (χ4v) is 3.36. The van der Waals surface area contributed by atoms with Crippen LogP contribution in [0, 0.1) is 0 Å². The standard InChI is InChI=1S/C22H21N5O3/c28-20-11-16(24-21(29)14-7-9-23-10-8-14)5-6-17(20)18-12-19(13-1-2-13)27(26-18)22(30)25-15-3-4-15/h5-13,15,28H,1-4H2,(H,24,29)(H,25,30). The minimum Gasteiger partial charge on any atom is -0.507 e. The van der Waals surface area contributed by atoms with Crippen LogP contribution in [0.15, 0.2) is 48.8 Å². The lowest BCUT2D eigenvalue weighted by molar-refractivity contribution is 0.102. The molecule has 152 valence electrons. The lowest BCUT2D eigenvalue weighted by atomic mass is 10.1. The van der Waals surface area contributed by atoms with E-state index in [4.69, 9.17) is 0 Å². The normalized spacial score (nSPS) is 15.6. The van der Waals surface area contributed by atoms with Crippen LogP contribution < -0.4 is 10.6 Å². The Morgan fingerprint density at radius 3 is 2.47 bits per heavy atom. The van der Waals surface area contributed by atoms with Crippen LogP contribution in [0.2, 0.25) is 0 Å². The van der Waals surface area contributed by atoms with E-state index in [1.165, 1.54) is 10.7 Å². The van der Waals surface area contributed by atoms with Gasteiger partial charge in [0, 0.05) is 47.2 Å². The van der Waals surface area contributed by atoms with Crippen LogP contribution in [0.25, 0.3) is 11.3 Å². The second kappa shape index (κ2) is 7.29. The molecule has 0 bridgehead atoms. The second-order valence-electron chi connectivity index (χ2n) is 7.79. The number of rotatable bonds is 5. The molecule has 1 aromatic carbocycles. The number of amides is 2. The lowest BCUT2D eigenvalue weighted by Crippen LogP contribution is -2.32. The van der Waals surface area contributed by atoms with Crippen LogP contribution in [0.4, 0.5) is 10.5 Å². The van der Waals surface area contributed by atoms with Crippen molar-refractivity contribution in [2.24, 2.45) is 0 Å². The predicted molar refractivity (Wildman–Crippen MR) is 110 cm³/mol. The molecule has 2 aliphatic rings. The number of aromatic nitrogens is 3. The summed E-state index contributed by atoms with van der Waals surface area (Å²) < 4.78 is 1.43. The SMILES string of the molecule is O=C(Nc1ccc(-c2cc(C3CC3)n(C(=O)NC3CC3)n2)c(O)c1)c1ccncc1. The molecule has 2 aliphatic carbocycles. The summed E-state index contributed by atoms with van der Waals surface area (Å²) in [6.07, 6.45) is 7.17. The summed E-state index contributed by atoms with van der Waals surface area (Å²) in [6, 6.07) is 10.0. The van der Waals surface area contributed by atoms with Crippen molar-refractivity contribution < 1.29 is 14.7 Å². The number of aromatic hydroxyl groups is 1. The predicted octanol–water partition coefficient (Wildman–Crippen LogP) is 3.50. The van der Waals surface area contributed by atoms with E-state index >= 15 is 0 Å². The molecule has 0 aliphatic heterocycles. The van der Waals surface area contributed by atoms with Gasteiger partial charge in [-0.2, -0.15) is 9.78 Å². The zero-order valence-corrected chi connectivity index (χ0v) is 16.2. The molecule has 0 atom stereocenters. The summed E-state index contributed by atoms with van der Waals surface area (Å²) in [4.78, 5) is 28.8. The number of pyridine rings is 1.